The molecule has 2 aliphatic rings. The average molecular weight is 576 g/mol. The van der Waals surface area contributed by atoms with E-state index in [1.54, 1.807) is 24.2 Å². The maximum Gasteiger partial charge on any atom is 0.245 e. The van der Waals surface area contributed by atoms with Crippen LogP contribution in [0.15, 0.2) is 79.8 Å². The number of carbonyl (C=O) groups excluding carboxylic acids is 1. The summed E-state index contributed by atoms with van der Waals surface area (Å²) >= 11 is 0. The number of nitrogens with two attached hydrogens (primary N) is 1. The first-order valence-electron chi connectivity index (χ1n) is 14.5. The van der Waals surface area contributed by atoms with Crippen LogP contribution in [0.2, 0.25) is 0 Å². The number of imidazole rings is 1. The van der Waals surface area contributed by atoms with Gasteiger partial charge in [-0.25, -0.2) is 19.6 Å². The molecule has 3 N–H and O–H groups in total. The van der Waals surface area contributed by atoms with Crippen molar-refractivity contribution in [3.63, 3.8) is 0 Å². The number of amides is 1. The zero-order valence-corrected chi connectivity index (χ0v) is 23.9. The van der Waals surface area contributed by atoms with Gasteiger partial charge >= 0.3 is 0 Å². The molecule has 2 atom stereocenters. The third kappa shape index (κ3) is 4.86. The second-order valence-corrected chi connectivity index (χ2v) is 11.0. The van der Waals surface area contributed by atoms with Crippen LogP contribution in [0, 0.1) is 0 Å². The van der Waals surface area contributed by atoms with Gasteiger partial charge in [-0.3, -0.25) is 9.36 Å². The number of likely N-dealkylation sites (tertiary alicyclic amines) is 1. The maximum atomic E-state index is 12.0. The van der Waals surface area contributed by atoms with Gasteiger partial charge in [-0.2, -0.15) is 5.10 Å². The Kier molecular flexibility index (Phi) is 6.96. The number of nitrogens with one attached hydrogen (secondary N) is 1. The van der Waals surface area contributed by atoms with Gasteiger partial charge in [-0.05, 0) is 72.5 Å². The molecule has 43 heavy (non-hydrogen) atoms. The lowest BCUT2D eigenvalue weighted by Crippen LogP contribution is -2.46. The zero-order valence-electron chi connectivity index (χ0n) is 23.9. The van der Waals surface area contributed by atoms with E-state index >= 15 is 0 Å². The monoisotopic (exact) mass is 575 g/mol. The fourth-order valence-electron chi connectivity index (χ4n) is 6.32. The first-order valence-corrected chi connectivity index (χ1v) is 14.5. The highest BCUT2D eigenvalue weighted by molar-refractivity contribution is 5.87. The Labute approximate surface area is 249 Å². The Balaban J connectivity index is 1.27. The standard InChI is InChI=1S/C32H33N9O2/c1-3-28(42)39-16-11-21(12-17-39)36-29-23-8-7-22(18-20(23)19-26(29)43-2)41-31(24-6-4-13-34-30(24)33)37-25-9-10-27(38-32(25)41)40-15-5-14-35-40/h3-10,13-15,18,21,26,29,36H,1,11-12,16-17,19H2,2H3,(H2,33,34). The predicted octanol–water partition coefficient (Wildman–Crippen LogP) is 3.63. The van der Waals surface area contributed by atoms with E-state index in [-0.39, 0.29) is 18.1 Å². The molecular weight excluding hydrogens is 542 g/mol. The number of methoxy groups -OCH3 is 1. The molecule has 1 fully saturated rings. The minimum atomic E-state index is -0.00407. The number of carbonyl (C=O) groups is 1. The molecular formula is C32H33N9O2. The van der Waals surface area contributed by atoms with Crippen LogP contribution in [-0.2, 0) is 16.0 Å². The van der Waals surface area contributed by atoms with Crippen molar-refractivity contribution in [2.24, 2.45) is 0 Å². The van der Waals surface area contributed by atoms with Crippen LogP contribution in [0.4, 0.5) is 5.82 Å². The second kappa shape index (κ2) is 11.1. The van der Waals surface area contributed by atoms with Crippen LogP contribution in [0.25, 0.3) is 34.1 Å². The third-order valence-corrected chi connectivity index (χ3v) is 8.52. The Morgan fingerprint density at radius 3 is 2.72 bits per heavy atom. The van der Waals surface area contributed by atoms with Crippen LogP contribution in [0.3, 0.4) is 0 Å². The molecule has 1 aliphatic heterocycles. The van der Waals surface area contributed by atoms with Crippen LogP contribution in [0.5, 0.6) is 0 Å². The van der Waals surface area contributed by atoms with Crippen LogP contribution in [-0.4, -0.2) is 72.5 Å². The largest absolute Gasteiger partial charge is 0.383 e. The highest BCUT2D eigenvalue weighted by Gasteiger charge is 2.35. The van der Waals surface area contributed by atoms with Crippen molar-refractivity contribution < 1.29 is 9.53 Å². The normalized spacial score (nSPS) is 18.7. The van der Waals surface area contributed by atoms with E-state index in [9.17, 15) is 4.79 Å². The van der Waals surface area contributed by atoms with Gasteiger partial charge in [-0.1, -0.05) is 12.6 Å². The first-order chi connectivity index (χ1) is 21.0. The van der Waals surface area contributed by atoms with Crippen molar-refractivity contribution in [3.8, 4) is 22.9 Å². The molecule has 0 radical (unpaired) electrons. The average Bonchev–Trinajstić information content (AvgIpc) is 3.78. The molecule has 1 aromatic carbocycles. The molecule has 5 aromatic rings. The van der Waals surface area contributed by atoms with Gasteiger partial charge < -0.3 is 20.7 Å². The van der Waals surface area contributed by atoms with Crippen molar-refractivity contribution in [1.29, 1.82) is 0 Å². The summed E-state index contributed by atoms with van der Waals surface area (Å²) in [5.74, 6) is 1.76. The molecule has 7 rings (SSSR count). The Morgan fingerprint density at radius 2 is 1.98 bits per heavy atom. The molecule has 0 spiro atoms. The summed E-state index contributed by atoms with van der Waals surface area (Å²) in [4.78, 5) is 28.2. The smallest absolute Gasteiger partial charge is 0.245 e. The van der Waals surface area contributed by atoms with E-state index in [1.165, 1.54) is 17.2 Å². The molecule has 1 amide bonds. The number of piperidine rings is 1. The number of hydrogen-bond acceptors (Lipinski definition) is 8. The quantitative estimate of drug-likeness (QED) is 0.282. The number of hydrogen-bond donors (Lipinski definition) is 2. The van der Waals surface area contributed by atoms with Crippen molar-refractivity contribution in [3.05, 3.63) is 90.9 Å². The molecule has 11 nitrogen and oxygen atoms in total. The van der Waals surface area contributed by atoms with E-state index < -0.39 is 0 Å². The fraction of sp³-hybridized carbons (Fsp3) is 0.281. The number of pyridine rings is 2. The van der Waals surface area contributed by atoms with Gasteiger partial charge in [-0.15, -0.1) is 0 Å². The topological polar surface area (TPSA) is 129 Å². The summed E-state index contributed by atoms with van der Waals surface area (Å²) in [7, 11) is 1.77. The van der Waals surface area contributed by atoms with Gasteiger partial charge in [0.05, 0.1) is 17.7 Å². The number of aromatic nitrogens is 6. The summed E-state index contributed by atoms with van der Waals surface area (Å²) in [5, 5.41) is 8.21. The van der Waals surface area contributed by atoms with Crippen LogP contribution >= 0.6 is 0 Å². The second-order valence-electron chi connectivity index (χ2n) is 11.0. The molecule has 11 heteroatoms. The Bertz CT molecular complexity index is 1810. The molecule has 1 saturated heterocycles. The van der Waals surface area contributed by atoms with E-state index in [0.29, 0.717) is 29.1 Å². The molecule has 218 valence electrons. The SMILES string of the molecule is C=CC(=O)N1CCC(NC2c3ccc(-n4c(-c5cccnc5N)nc5ccc(-n6cccn6)nc54)cc3CC2OC)CC1. The molecule has 0 saturated carbocycles. The van der Waals surface area contributed by atoms with Crippen molar-refractivity contribution in [1.82, 2.24) is 39.5 Å². The van der Waals surface area contributed by atoms with E-state index in [2.05, 4.69) is 40.2 Å². The van der Waals surface area contributed by atoms with Gasteiger partial charge in [0.2, 0.25) is 5.91 Å². The summed E-state index contributed by atoms with van der Waals surface area (Å²) in [6.45, 7) is 5.07. The predicted molar refractivity (Wildman–Crippen MR) is 164 cm³/mol. The summed E-state index contributed by atoms with van der Waals surface area (Å²) in [6.07, 6.45) is 9.21. The van der Waals surface area contributed by atoms with Gasteiger partial charge in [0.1, 0.15) is 11.3 Å². The van der Waals surface area contributed by atoms with Gasteiger partial charge in [0.25, 0.3) is 0 Å². The number of fused-ring (bicyclic) bond motifs is 2. The number of benzene rings is 1. The lowest BCUT2D eigenvalue weighted by molar-refractivity contribution is -0.127. The number of nitrogen functional groups attached to an aromatic ring is 1. The van der Waals surface area contributed by atoms with Crippen molar-refractivity contribution in [2.75, 3.05) is 25.9 Å². The number of nitrogens with zero attached hydrogens (tertiary/aromatic N) is 7. The lowest BCUT2D eigenvalue weighted by atomic mass is 10.0. The Hall–Kier alpha value is -4.87. The van der Waals surface area contributed by atoms with Crippen LogP contribution in [0.1, 0.15) is 30.0 Å². The summed E-state index contributed by atoms with van der Waals surface area (Å²) in [6, 6.07) is 16.3. The van der Waals surface area contributed by atoms with Crippen LogP contribution < -0.4 is 11.1 Å². The lowest BCUT2D eigenvalue weighted by Gasteiger charge is -2.34. The molecule has 1 aliphatic carbocycles. The number of anilines is 1. The van der Waals surface area contributed by atoms with Gasteiger partial charge in [0.15, 0.2) is 17.3 Å². The third-order valence-electron chi connectivity index (χ3n) is 8.52. The maximum absolute atomic E-state index is 12.0. The van der Waals surface area contributed by atoms with E-state index in [4.69, 9.17) is 20.4 Å². The minimum absolute atomic E-state index is 0.00220. The summed E-state index contributed by atoms with van der Waals surface area (Å²) < 4.78 is 9.76. The molecule has 2 unspecified atom stereocenters. The van der Waals surface area contributed by atoms with Crippen molar-refractivity contribution >= 4 is 22.9 Å². The first kappa shape index (κ1) is 27.0. The highest BCUT2D eigenvalue weighted by Crippen LogP contribution is 2.37. The van der Waals surface area contributed by atoms with E-state index in [0.717, 1.165) is 49.1 Å². The zero-order chi connectivity index (χ0) is 29.5. The molecule has 5 heterocycles. The van der Waals surface area contributed by atoms with Gasteiger partial charge in [0, 0.05) is 56.9 Å². The van der Waals surface area contributed by atoms with Crippen molar-refractivity contribution in [2.45, 2.75) is 37.5 Å². The molecule has 4 aromatic heterocycles. The fourth-order valence-corrected chi connectivity index (χ4v) is 6.32. The highest BCUT2D eigenvalue weighted by atomic mass is 16.5. The number of rotatable bonds is 7. The molecule has 0 bridgehead atoms. The minimum Gasteiger partial charge on any atom is -0.383 e. The number of ether oxygens (including phenoxy) is 1. The van der Waals surface area contributed by atoms with E-state index in [1.807, 2.05) is 46.0 Å². The summed E-state index contributed by atoms with van der Waals surface area (Å²) in [5.41, 5.74) is 11.9. The Morgan fingerprint density at radius 1 is 1.12 bits per heavy atom.